The highest BCUT2D eigenvalue weighted by Crippen LogP contribution is 2.25. The van der Waals surface area contributed by atoms with Gasteiger partial charge in [0.2, 0.25) is 0 Å². The van der Waals surface area contributed by atoms with Crippen molar-refractivity contribution in [1.29, 1.82) is 0 Å². The first-order valence-corrected chi connectivity index (χ1v) is 8.53. The van der Waals surface area contributed by atoms with E-state index in [1.54, 1.807) is 11.3 Å². The highest BCUT2D eigenvalue weighted by molar-refractivity contribution is 7.16. The van der Waals surface area contributed by atoms with Crippen molar-refractivity contribution in [3.05, 3.63) is 17.3 Å². The summed E-state index contributed by atoms with van der Waals surface area (Å²) in [6.45, 7) is 8.37. The van der Waals surface area contributed by atoms with E-state index in [9.17, 15) is 0 Å². The Bertz CT molecular complexity index is 597. The van der Waals surface area contributed by atoms with Gasteiger partial charge in [0.1, 0.15) is 16.5 Å². The highest BCUT2D eigenvalue weighted by Gasteiger charge is 2.15. The third-order valence-corrected chi connectivity index (χ3v) is 4.70. The van der Waals surface area contributed by atoms with Crippen LogP contribution in [-0.4, -0.2) is 59.5 Å². The van der Waals surface area contributed by atoms with Crippen LogP contribution in [0, 0.1) is 0 Å². The molecule has 1 fully saturated rings. The van der Waals surface area contributed by atoms with E-state index in [0.717, 1.165) is 54.6 Å². The van der Waals surface area contributed by atoms with E-state index in [1.807, 2.05) is 0 Å². The van der Waals surface area contributed by atoms with E-state index < -0.39 is 0 Å². The van der Waals surface area contributed by atoms with Crippen LogP contribution in [0.1, 0.15) is 19.2 Å². The number of thiophene rings is 1. The van der Waals surface area contributed by atoms with Crippen molar-refractivity contribution in [2.45, 2.75) is 19.9 Å². The molecule has 2 aromatic heterocycles. The first kappa shape index (κ1) is 14.7. The number of rotatable bonds is 4. The molecule has 114 valence electrons. The Morgan fingerprint density at radius 1 is 1.24 bits per heavy atom. The number of nitrogens with zero attached hydrogens (tertiary/aromatic N) is 4. The summed E-state index contributed by atoms with van der Waals surface area (Å²) in [4.78, 5) is 15.4. The summed E-state index contributed by atoms with van der Waals surface area (Å²) in [6, 6.07) is 2.10. The van der Waals surface area contributed by atoms with Gasteiger partial charge >= 0.3 is 0 Å². The molecule has 0 aliphatic carbocycles. The van der Waals surface area contributed by atoms with Crippen LogP contribution in [-0.2, 0) is 6.54 Å². The molecule has 0 unspecified atom stereocenters. The van der Waals surface area contributed by atoms with Gasteiger partial charge in [-0.15, -0.1) is 11.3 Å². The van der Waals surface area contributed by atoms with Gasteiger partial charge in [0, 0.05) is 19.6 Å². The molecule has 1 saturated heterocycles. The van der Waals surface area contributed by atoms with Crippen LogP contribution in [0.15, 0.2) is 11.4 Å². The zero-order chi connectivity index (χ0) is 14.7. The minimum atomic E-state index is 0.847. The van der Waals surface area contributed by atoms with Gasteiger partial charge in [-0.1, -0.05) is 0 Å². The molecular weight excluding hydrogens is 282 g/mol. The highest BCUT2D eigenvalue weighted by atomic mass is 32.1. The summed E-state index contributed by atoms with van der Waals surface area (Å²) in [7, 11) is 2.20. The monoisotopic (exact) mass is 305 g/mol. The number of hydrogen-bond donors (Lipinski definition) is 1. The maximum Gasteiger partial charge on any atom is 0.146 e. The van der Waals surface area contributed by atoms with Crippen molar-refractivity contribution >= 4 is 27.4 Å². The third kappa shape index (κ3) is 3.51. The van der Waals surface area contributed by atoms with Gasteiger partial charge in [0.15, 0.2) is 0 Å². The van der Waals surface area contributed by atoms with Gasteiger partial charge in [-0.05, 0) is 44.9 Å². The van der Waals surface area contributed by atoms with Crippen LogP contribution < -0.4 is 5.32 Å². The van der Waals surface area contributed by atoms with Crippen molar-refractivity contribution < 1.29 is 0 Å². The molecule has 3 rings (SSSR count). The Morgan fingerprint density at radius 3 is 3.00 bits per heavy atom. The number of nitrogens with one attached hydrogen (secondary N) is 1. The lowest BCUT2D eigenvalue weighted by Gasteiger charge is -2.19. The fourth-order valence-electron chi connectivity index (χ4n) is 2.73. The molecule has 3 heterocycles. The first-order chi connectivity index (χ1) is 10.3. The molecule has 0 radical (unpaired) electrons. The van der Waals surface area contributed by atoms with Gasteiger partial charge in [-0.2, -0.15) is 0 Å². The topological polar surface area (TPSA) is 44.3 Å². The zero-order valence-corrected chi connectivity index (χ0v) is 13.6. The second kappa shape index (κ2) is 6.68. The van der Waals surface area contributed by atoms with Crippen LogP contribution in [0.3, 0.4) is 0 Å². The molecular formula is C15H23N5S. The predicted molar refractivity (Wildman–Crippen MR) is 89.0 cm³/mol. The van der Waals surface area contributed by atoms with Crippen molar-refractivity contribution in [1.82, 2.24) is 19.8 Å². The summed E-state index contributed by atoms with van der Waals surface area (Å²) in [6.07, 6.45) is 1.22. The normalized spacial score (nSPS) is 18.0. The third-order valence-electron chi connectivity index (χ3n) is 3.89. The Kier molecular flexibility index (Phi) is 4.67. The first-order valence-electron chi connectivity index (χ1n) is 7.65. The molecule has 0 amide bonds. The molecule has 5 nitrogen and oxygen atoms in total. The van der Waals surface area contributed by atoms with Crippen LogP contribution in [0.5, 0.6) is 0 Å². The van der Waals surface area contributed by atoms with Crippen LogP contribution >= 0.6 is 11.3 Å². The summed E-state index contributed by atoms with van der Waals surface area (Å²) < 4.78 is 0. The van der Waals surface area contributed by atoms with Gasteiger partial charge in [-0.3, -0.25) is 4.90 Å². The second-order valence-electron chi connectivity index (χ2n) is 5.59. The van der Waals surface area contributed by atoms with E-state index >= 15 is 0 Å². The van der Waals surface area contributed by atoms with Gasteiger partial charge in [0.25, 0.3) is 0 Å². The molecule has 1 aliphatic rings. The molecule has 0 aromatic carbocycles. The van der Waals surface area contributed by atoms with Crippen molar-refractivity contribution in [2.24, 2.45) is 0 Å². The molecule has 6 heteroatoms. The lowest BCUT2D eigenvalue weighted by atomic mass is 10.3. The number of fused-ring (bicyclic) bond motifs is 1. The average molecular weight is 305 g/mol. The molecule has 2 aromatic rings. The van der Waals surface area contributed by atoms with Gasteiger partial charge < -0.3 is 10.2 Å². The fraction of sp³-hybridized carbons (Fsp3) is 0.600. The summed E-state index contributed by atoms with van der Waals surface area (Å²) in [5.41, 5.74) is 0. The molecule has 1 N–H and O–H groups in total. The summed E-state index contributed by atoms with van der Waals surface area (Å²) >= 11 is 1.69. The van der Waals surface area contributed by atoms with E-state index in [1.165, 1.54) is 13.0 Å². The van der Waals surface area contributed by atoms with E-state index in [-0.39, 0.29) is 0 Å². The predicted octanol–water partition coefficient (Wildman–Crippen LogP) is 2.26. The Morgan fingerprint density at radius 2 is 2.14 bits per heavy atom. The van der Waals surface area contributed by atoms with Crippen LogP contribution in [0.25, 0.3) is 10.2 Å². The maximum atomic E-state index is 4.74. The van der Waals surface area contributed by atoms with Gasteiger partial charge in [-0.25, -0.2) is 9.97 Å². The number of aromatic nitrogens is 2. The molecule has 21 heavy (non-hydrogen) atoms. The molecule has 0 bridgehead atoms. The smallest absolute Gasteiger partial charge is 0.146 e. The molecule has 0 saturated carbocycles. The number of anilines is 1. The fourth-order valence-corrected chi connectivity index (χ4v) is 3.51. The largest absolute Gasteiger partial charge is 0.370 e. The zero-order valence-electron chi connectivity index (χ0n) is 12.8. The van der Waals surface area contributed by atoms with Crippen LogP contribution in [0.4, 0.5) is 5.82 Å². The van der Waals surface area contributed by atoms with Crippen molar-refractivity contribution in [3.8, 4) is 0 Å². The molecule has 0 atom stereocenters. The van der Waals surface area contributed by atoms with E-state index in [4.69, 9.17) is 9.97 Å². The lowest BCUT2D eigenvalue weighted by molar-refractivity contribution is 0.264. The SMILES string of the molecule is CCNc1nc(CN2CCCN(C)CC2)nc2sccc12. The van der Waals surface area contributed by atoms with E-state index in [0.29, 0.717) is 0 Å². The quantitative estimate of drug-likeness (QED) is 0.939. The standard InChI is InChI=1S/C15H23N5S/c1-3-16-14-12-5-10-21-15(12)18-13(17-14)11-20-7-4-6-19(2)8-9-20/h5,10H,3-4,6-9,11H2,1-2H3,(H,16,17,18). The van der Waals surface area contributed by atoms with Crippen molar-refractivity contribution in [2.75, 3.05) is 45.1 Å². The Hall–Kier alpha value is -1.24. The minimum absolute atomic E-state index is 0.847. The molecule has 0 spiro atoms. The average Bonchev–Trinajstić information content (AvgIpc) is 2.84. The number of hydrogen-bond acceptors (Lipinski definition) is 6. The van der Waals surface area contributed by atoms with Crippen molar-refractivity contribution in [3.63, 3.8) is 0 Å². The second-order valence-corrected chi connectivity index (χ2v) is 6.49. The minimum Gasteiger partial charge on any atom is -0.370 e. The van der Waals surface area contributed by atoms with Crippen LogP contribution in [0.2, 0.25) is 0 Å². The molecule has 1 aliphatic heterocycles. The maximum absolute atomic E-state index is 4.74. The van der Waals surface area contributed by atoms with E-state index in [2.05, 4.69) is 40.5 Å². The summed E-state index contributed by atoms with van der Waals surface area (Å²) in [5, 5.41) is 6.59. The number of likely N-dealkylation sites (N-methyl/N-ethyl adjacent to an activating group) is 1. The lowest BCUT2D eigenvalue weighted by Crippen LogP contribution is -2.29. The Balaban J connectivity index is 1.79. The van der Waals surface area contributed by atoms with Gasteiger partial charge in [0.05, 0.1) is 11.9 Å². The summed E-state index contributed by atoms with van der Waals surface area (Å²) in [5.74, 6) is 1.91. The Labute approximate surface area is 130 Å².